The predicted molar refractivity (Wildman–Crippen MR) is 41.1 cm³/mol. The third-order valence-corrected chi connectivity index (χ3v) is 1.92. The fourth-order valence-electron chi connectivity index (χ4n) is 0.489. The van der Waals surface area contributed by atoms with E-state index in [0.717, 1.165) is 0 Å². The number of terminal acetylenes is 1. The first-order valence-electron chi connectivity index (χ1n) is 2.81. The van der Waals surface area contributed by atoms with Gasteiger partial charge in [-0.2, -0.15) is 12.7 Å². The molecule has 0 saturated heterocycles. The molecule has 0 aliphatic rings. The van der Waals surface area contributed by atoms with Gasteiger partial charge in [-0.3, -0.25) is 4.79 Å². The number of carboxylic acid groups (broad SMARTS) is 1. The van der Waals surface area contributed by atoms with Gasteiger partial charge in [-0.1, -0.05) is 5.92 Å². The molecule has 0 bridgehead atoms. The molecule has 6 nitrogen and oxygen atoms in total. The normalized spacial score (nSPS) is 11.1. The third-order valence-electron chi connectivity index (χ3n) is 0.939. The van der Waals surface area contributed by atoms with Crippen molar-refractivity contribution in [2.75, 3.05) is 13.1 Å². The smallest absolute Gasteiger partial charge is 0.318 e. The lowest BCUT2D eigenvalue weighted by molar-refractivity contribution is -0.137. The number of nitrogens with zero attached hydrogens (tertiary/aromatic N) is 1. The van der Waals surface area contributed by atoms with Gasteiger partial charge in [0.2, 0.25) is 0 Å². The van der Waals surface area contributed by atoms with Crippen molar-refractivity contribution in [2.45, 2.75) is 0 Å². The molecule has 0 fully saturated rings. The molecule has 0 amide bonds. The zero-order chi connectivity index (χ0) is 9.78. The monoisotopic (exact) mass is 192 g/mol. The van der Waals surface area contributed by atoms with E-state index in [1.165, 1.54) is 0 Å². The van der Waals surface area contributed by atoms with Gasteiger partial charge in [0.05, 0.1) is 6.54 Å². The largest absolute Gasteiger partial charge is 0.480 e. The van der Waals surface area contributed by atoms with E-state index in [1.54, 1.807) is 0 Å². The molecule has 0 saturated carbocycles. The van der Waals surface area contributed by atoms with Gasteiger partial charge >= 0.3 is 5.97 Å². The lowest BCUT2D eigenvalue weighted by atomic mass is 10.6. The number of hydrogen-bond donors (Lipinski definition) is 2. The van der Waals surface area contributed by atoms with E-state index in [1.807, 2.05) is 5.92 Å². The van der Waals surface area contributed by atoms with Crippen LogP contribution in [0.15, 0.2) is 0 Å². The molecule has 0 radical (unpaired) electrons. The maximum Gasteiger partial charge on any atom is 0.318 e. The van der Waals surface area contributed by atoms with Gasteiger partial charge in [0.25, 0.3) is 10.2 Å². The topological polar surface area (TPSA) is 101 Å². The summed E-state index contributed by atoms with van der Waals surface area (Å²) in [4.78, 5) is 10.1. The standard InChI is InChI=1S/C5H8N2O4S/c1-2-3-7(4-5(8)9)12(6,10)11/h1H,3-4H2,(H,8,9)(H2,6,10,11). The van der Waals surface area contributed by atoms with Crippen molar-refractivity contribution >= 4 is 16.2 Å². The van der Waals surface area contributed by atoms with Crippen molar-refractivity contribution in [3.63, 3.8) is 0 Å². The summed E-state index contributed by atoms with van der Waals surface area (Å²) in [6, 6.07) is 0. The predicted octanol–water partition coefficient (Wildman–Crippen LogP) is -1.79. The minimum atomic E-state index is -4.01. The van der Waals surface area contributed by atoms with E-state index >= 15 is 0 Å². The molecule has 68 valence electrons. The molecule has 0 atom stereocenters. The molecule has 0 spiro atoms. The number of hydrogen-bond acceptors (Lipinski definition) is 3. The summed E-state index contributed by atoms with van der Waals surface area (Å²) in [5.74, 6) is 0.677. The lowest BCUT2D eigenvalue weighted by Crippen LogP contribution is -2.40. The molecule has 0 aromatic rings. The fraction of sp³-hybridized carbons (Fsp3) is 0.400. The molecule has 0 aromatic carbocycles. The molecule has 7 heteroatoms. The highest BCUT2D eigenvalue weighted by Crippen LogP contribution is 1.92. The van der Waals surface area contributed by atoms with Crippen molar-refractivity contribution in [1.82, 2.24) is 4.31 Å². The van der Waals surface area contributed by atoms with Gasteiger partial charge in [-0.05, 0) is 0 Å². The Morgan fingerprint density at radius 2 is 2.17 bits per heavy atom. The first kappa shape index (κ1) is 10.9. The zero-order valence-electron chi connectivity index (χ0n) is 6.10. The highest BCUT2D eigenvalue weighted by molar-refractivity contribution is 7.86. The Hall–Kier alpha value is -1.10. The number of nitrogens with two attached hydrogens (primary N) is 1. The highest BCUT2D eigenvalue weighted by Gasteiger charge is 2.18. The Morgan fingerprint density at radius 1 is 1.67 bits per heavy atom. The number of carboxylic acids is 1. The van der Waals surface area contributed by atoms with Crippen LogP contribution in [-0.4, -0.2) is 36.9 Å². The number of rotatable bonds is 4. The minimum absolute atomic E-state index is 0.342. The van der Waals surface area contributed by atoms with Crippen molar-refractivity contribution in [3.8, 4) is 12.3 Å². The van der Waals surface area contributed by atoms with Crippen molar-refractivity contribution < 1.29 is 18.3 Å². The SMILES string of the molecule is C#CCN(CC(=O)O)S(N)(=O)=O. The van der Waals surface area contributed by atoms with Crippen LogP contribution in [-0.2, 0) is 15.0 Å². The summed E-state index contributed by atoms with van der Waals surface area (Å²) < 4.78 is 21.7. The van der Waals surface area contributed by atoms with Gasteiger partial charge < -0.3 is 5.11 Å². The van der Waals surface area contributed by atoms with E-state index in [-0.39, 0.29) is 6.54 Å². The second kappa shape index (κ2) is 4.06. The van der Waals surface area contributed by atoms with Gasteiger partial charge in [0, 0.05) is 0 Å². The summed E-state index contributed by atoms with van der Waals surface area (Å²) in [5, 5.41) is 12.9. The van der Waals surface area contributed by atoms with E-state index < -0.39 is 22.7 Å². The average Bonchev–Trinajstić information content (AvgIpc) is 1.83. The summed E-state index contributed by atoms with van der Waals surface area (Å²) in [6.07, 6.45) is 4.80. The van der Waals surface area contributed by atoms with E-state index in [2.05, 4.69) is 5.14 Å². The summed E-state index contributed by atoms with van der Waals surface area (Å²) >= 11 is 0. The second-order valence-corrected chi connectivity index (χ2v) is 3.46. The first-order valence-corrected chi connectivity index (χ1v) is 4.31. The van der Waals surface area contributed by atoms with Crippen LogP contribution in [0.25, 0.3) is 0 Å². The summed E-state index contributed by atoms with van der Waals surface area (Å²) in [5.41, 5.74) is 0. The van der Waals surface area contributed by atoms with Gasteiger partial charge in [0.1, 0.15) is 6.54 Å². The van der Waals surface area contributed by atoms with Crippen LogP contribution in [0.5, 0.6) is 0 Å². The Labute approximate surface area is 70.1 Å². The van der Waals surface area contributed by atoms with Crippen LogP contribution in [0.2, 0.25) is 0 Å². The van der Waals surface area contributed by atoms with E-state index in [0.29, 0.717) is 4.31 Å². The van der Waals surface area contributed by atoms with Crippen LogP contribution in [0.4, 0.5) is 0 Å². The van der Waals surface area contributed by atoms with Gasteiger partial charge in [0.15, 0.2) is 0 Å². The van der Waals surface area contributed by atoms with Crippen LogP contribution in [0, 0.1) is 12.3 Å². The molecule has 0 rings (SSSR count). The Balaban J connectivity index is 4.48. The van der Waals surface area contributed by atoms with Crippen molar-refractivity contribution in [2.24, 2.45) is 5.14 Å². The zero-order valence-corrected chi connectivity index (χ0v) is 6.91. The highest BCUT2D eigenvalue weighted by atomic mass is 32.2. The molecular weight excluding hydrogens is 184 g/mol. The molecule has 0 aromatic heterocycles. The quantitative estimate of drug-likeness (QED) is 0.513. The Morgan fingerprint density at radius 3 is 2.42 bits per heavy atom. The third kappa shape index (κ3) is 3.92. The van der Waals surface area contributed by atoms with Gasteiger partial charge in [-0.15, -0.1) is 6.42 Å². The second-order valence-electron chi connectivity index (χ2n) is 1.91. The molecule has 0 heterocycles. The van der Waals surface area contributed by atoms with Crippen LogP contribution in [0.1, 0.15) is 0 Å². The van der Waals surface area contributed by atoms with E-state index in [4.69, 9.17) is 11.5 Å². The molecule has 0 unspecified atom stereocenters. The average molecular weight is 192 g/mol. The molecule has 12 heavy (non-hydrogen) atoms. The fourth-order valence-corrected chi connectivity index (χ4v) is 1.03. The van der Waals surface area contributed by atoms with Crippen molar-refractivity contribution in [3.05, 3.63) is 0 Å². The van der Waals surface area contributed by atoms with Gasteiger partial charge in [-0.25, -0.2) is 5.14 Å². The maximum atomic E-state index is 10.6. The Kier molecular flexibility index (Phi) is 3.69. The molecule has 0 aliphatic carbocycles. The number of carbonyl (C=O) groups is 1. The lowest BCUT2D eigenvalue weighted by Gasteiger charge is -2.12. The summed E-state index contributed by atoms with van der Waals surface area (Å²) in [7, 11) is -4.01. The minimum Gasteiger partial charge on any atom is -0.480 e. The number of aliphatic carboxylic acids is 1. The van der Waals surface area contributed by atoms with Crippen molar-refractivity contribution in [1.29, 1.82) is 0 Å². The molecule has 3 N–H and O–H groups in total. The Bertz CT molecular complexity index is 302. The molecule has 0 aliphatic heterocycles. The van der Waals surface area contributed by atoms with Crippen LogP contribution in [0.3, 0.4) is 0 Å². The first-order chi connectivity index (χ1) is 5.38. The summed E-state index contributed by atoms with van der Waals surface area (Å²) in [6.45, 7) is -1.06. The maximum absolute atomic E-state index is 10.6. The van der Waals surface area contributed by atoms with E-state index in [9.17, 15) is 13.2 Å². The van der Waals surface area contributed by atoms with Crippen LogP contribution >= 0.6 is 0 Å². The van der Waals surface area contributed by atoms with Crippen LogP contribution < -0.4 is 5.14 Å². The molecular formula is C5H8N2O4S.